The van der Waals surface area contributed by atoms with Crippen molar-refractivity contribution in [2.45, 2.75) is 6.92 Å². The monoisotopic (exact) mass is 428 g/mol. The molecule has 140 valence electrons. The average molecular weight is 429 g/mol. The van der Waals surface area contributed by atoms with E-state index in [0.29, 0.717) is 20.6 Å². The second kappa shape index (κ2) is 7.75. The van der Waals surface area contributed by atoms with E-state index >= 15 is 0 Å². The van der Waals surface area contributed by atoms with Crippen LogP contribution in [0.25, 0.3) is 22.3 Å². The molecule has 4 rings (SSSR count). The van der Waals surface area contributed by atoms with Crippen molar-refractivity contribution in [3.63, 3.8) is 0 Å². The summed E-state index contributed by atoms with van der Waals surface area (Å²) in [7, 11) is 0. The molecule has 0 bridgehead atoms. The number of rotatable bonds is 4. The number of nitrogens with one attached hydrogen (secondary N) is 1. The third kappa shape index (κ3) is 3.94. The Bertz CT molecular complexity index is 1190. The summed E-state index contributed by atoms with van der Waals surface area (Å²) in [5.41, 5.74) is 3.85. The fourth-order valence-electron chi connectivity index (χ4n) is 2.61. The zero-order valence-corrected chi connectivity index (χ0v) is 17.0. The highest BCUT2D eigenvalue weighted by molar-refractivity contribution is 7.15. The first kappa shape index (κ1) is 18.7. The second-order valence-electron chi connectivity index (χ2n) is 6.11. The molecule has 0 spiro atoms. The van der Waals surface area contributed by atoms with E-state index in [9.17, 15) is 4.79 Å². The Kier molecular flexibility index (Phi) is 5.17. The van der Waals surface area contributed by atoms with E-state index in [2.05, 4.69) is 15.4 Å². The van der Waals surface area contributed by atoms with Gasteiger partial charge < -0.3 is 0 Å². The molecule has 0 atom stereocenters. The number of hydrogen-bond acceptors (Lipinski definition) is 4. The van der Waals surface area contributed by atoms with Crippen molar-refractivity contribution in [3.05, 3.63) is 75.1 Å². The molecule has 0 fully saturated rings. The van der Waals surface area contributed by atoms with E-state index < -0.39 is 0 Å². The lowest BCUT2D eigenvalue weighted by molar-refractivity contribution is -0.111. The molecule has 0 aliphatic rings. The Morgan fingerprint density at radius 3 is 2.71 bits per heavy atom. The summed E-state index contributed by atoms with van der Waals surface area (Å²) in [6, 6.07) is 13.2. The van der Waals surface area contributed by atoms with Crippen molar-refractivity contribution < 1.29 is 4.79 Å². The quantitative estimate of drug-likeness (QED) is 0.422. The van der Waals surface area contributed by atoms with Crippen LogP contribution in [0, 0.1) is 6.92 Å². The topological polar surface area (TPSA) is 59.3 Å². The molecule has 0 aliphatic heterocycles. The summed E-state index contributed by atoms with van der Waals surface area (Å²) in [5.74, 6) is -0.0989. The molecular formula is C20H14Cl2N4OS. The molecule has 2 heterocycles. The lowest BCUT2D eigenvalue weighted by Crippen LogP contribution is -2.09. The minimum atomic E-state index is -0.346. The number of fused-ring (bicyclic) bond motifs is 1. The molecule has 4 aromatic rings. The summed E-state index contributed by atoms with van der Waals surface area (Å²) in [6.45, 7) is 2.04. The number of carbonyl (C=O) groups is 1. The largest absolute Gasteiger partial charge is 0.290 e. The first-order chi connectivity index (χ1) is 13.5. The van der Waals surface area contributed by atoms with Gasteiger partial charge in [0.2, 0.25) is 4.96 Å². The highest BCUT2D eigenvalue weighted by atomic mass is 35.5. The smallest absolute Gasteiger partial charge is 0.250 e. The number of thiazole rings is 1. The van der Waals surface area contributed by atoms with E-state index in [1.54, 1.807) is 28.8 Å². The Morgan fingerprint density at radius 1 is 1.18 bits per heavy atom. The van der Waals surface area contributed by atoms with Crippen LogP contribution >= 0.6 is 34.5 Å². The van der Waals surface area contributed by atoms with Crippen LogP contribution in [0.2, 0.25) is 10.0 Å². The maximum atomic E-state index is 12.2. The first-order valence-corrected chi connectivity index (χ1v) is 9.98. The first-order valence-electron chi connectivity index (χ1n) is 8.35. The van der Waals surface area contributed by atoms with Crippen LogP contribution < -0.4 is 5.32 Å². The summed E-state index contributed by atoms with van der Waals surface area (Å²) in [5, 5.41) is 10.1. The molecule has 0 aliphatic carbocycles. The highest BCUT2D eigenvalue weighted by Crippen LogP contribution is 2.26. The minimum Gasteiger partial charge on any atom is -0.290 e. The van der Waals surface area contributed by atoms with Gasteiger partial charge in [-0.3, -0.25) is 10.1 Å². The standard InChI is InChI=1S/C20H14Cl2N4OS/c1-12-2-4-14(5-3-12)17-11-28-20-24-19(25-26(17)20)23-18(27)9-7-13-6-8-15(21)10-16(13)22/h2-11H,1H3,(H,23,25,27)/b9-7+. The molecule has 0 saturated carbocycles. The number of benzene rings is 2. The third-order valence-electron chi connectivity index (χ3n) is 4.04. The fraction of sp³-hybridized carbons (Fsp3) is 0.0500. The number of aromatic nitrogens is 3. The van der Waals surface area contributed by atoms with E-state index in [4.69, 9.17) is 23.2 Å². The van der Waals surface area contributed by atoms with Crippen molar-refractivity contribution in [1.29, 1.82) is 0 Å². The van der Waals surface area contributed by atoms with Crippen LogP contribution in [0.4, 0.5) is 5.95 Å². The van der Waals surface area contributed by atoms with Gasteiger partial charge in [0.15, 0.2) is 0 Å². The van der Waals surface area contributed by atoms with E-state index in [1.807, 2.05) is 36.6 Å². The summed E-state index contributed by atoms with van der Waals surface area (Å²) in [6.07, 6.45) is 3.00. The van der Waals surface area contributed by atoms with Crippen LogP contribution in [0.5, 0.6) is 0 Å². The zero-order chi connectivity index (χ0) is 19.7. The van der Waals surface area contributed by atoms with Gasteiger partial charge in [-0.1, -0.05) is 59.1 Å². The number of hydrogen-bond donors (Lipinski definition) is 1. The SMILES string of the molecule is Cc1ccc(-c2csc3nc(NC(=O)/C=C/c4ccc(Cl)cc4Cl)nn23)cc1. The van der Waals surface area contributed by atoms with Gasteiger partial charge in [0.25, 0.3) is 11.9 Å². The van der Waals surface area contributed by atoms with E-state index in [-0.39, 0.29) is 11.9 Å². The molecule has 1 N–H and O–H groups in total. The number of halogens is 2. The van der Waals surface area contributed by atoms with Crippen molar-refractivity contribution in [2.75, 3.05) is 5.32 Å². The van der Waals surface area contributed by atoms with Crippen molar-refractivity contribution in [2.24, 2.45) is 0 Å². The Balaban J connectivity index is 1.52. The molecule has 0 saturated heterocycles. The molecule has 5 nitrogen and oxygen atoms in total. The normalized spacial score (nSPS) is 11.4. The van der Waals surface area contributed by atoms with Gasteiger partial charge in [-0.25, -0.2) is 4.52 Å². The van der Waals surface area contributed by atoms with Gasteiger partial charge >= 0.3 is 0 Å². The van der Waals surface area contributed by atoms with Crippen LogP contribution in [0.1, 0.15) is 11.1 Å². The molecule has 0 unspecified atom stereocenters. The van der Waals surface area contributed by atoms with Gasteiger partial charge in [-0.05, 0) is 30.7 Å². The lowest BCUT2D eigenvalue weighted by Gasteiger charge is -2.00. The second-order valence-corrected chi connectivity index (χ2v) is 7.79. The van der Waals surface area contributed by atoms with Crippen molar-refractivity contribution >= 4 is 57.4 Å². The molecule has 1 amide bonds. The predicted molar refractivity (Wildman–Crippen MR) is 115 cm³/mol. The summed E-state index contributed by atoms with van der Waals surface area (Å²) < 4.78 is 1.73. The molecule has 8 heteroatoms. The highest BCUT2D eigenvalue weighted by Gasteiger charge is 2.12. The Morgan fingerprint density at radius 2 is 1.96 bits per heavy atom. The average Bonchev–Trinajstić information content (AvgIpc) is 3.22. The molecule has 28 heavy (non-hydrogen) atoms. The van der Waals surface area contributed by atoms with Gasteiger partial charge in [0, 0.05) is 27.1 Å². The number of aryl methyl sites for hydroxylation is 1. The Hall–Kier alpha value is -2.67. The fourth-order valence-corrected chi connectivity index (χ4v) is 3.91. The van der Waals surface area contributed by atoms with Crippen LogP contribution in [0.3, 0.4) is 0 Å². The Labute approximate surface area is 175 Å². The molecule has 0 radical (unpaired) electrons. The summed E-state index contributed by atoms with van der Waals surface area (Å²) in [4.78, 5) is 17.3. The minimum absolute atomic E-state index is 0.247. The van der Waals surface area contributed by atoms with Gasteiger partial charge in [-0.15, -0.1) is 16.4 Å². The number of amides is 1. The third-order valence-corrected chi connectivity index (χ3v) is 5.42. The van der Waals surface area contributed by atoms with Gasteiger partial charge in [-0.2, -0.15) is 4.98 Å². The van der Waals surface area contributed by atoms with Gasteiger partial charge in [0.1, 0.15) is 0 Å². The summed E-state index contributed by atoms with van der Waals surface area (Å²) >= 11 is 13.4. The number of carbonyl (C=O) groups excluding carboxylic acids is 1. The molecule has 2 aromatic carbocycles. The van der Waals surface area contributed by atoms with Crippen LogP contribution in [-0.4, -0.2) is 20.5 Å². The van der Waals surface area contributed by atoms with E-state index in [1.165, 1.54) is 23.0 Å². The van der Waals surface area contributed by atoms with Gasteiger partial charge in [0.05, 0.1) is 5.69 Å². The van der Waals surface area contributed by atoms with Crippen LogP contribution in [0.15, 0.2) is 53.9 Å². The lowest BCUT2D eigenvalue weighted by atomic mass is 10.1. The molecular weight excluding hydrogens is 415 g/mol. The maximum absolute atomic E-state index is 12.2. The van der Waals surface area contributed by atoms with Crippen molar-refractivity contribution in [1.82, 2.24) is 14.6 Å². The number of nitrogens with zero attached hydrogens (tertiary/aromatic N) is 3. The van der Waals surface area contributed by atoms with Crippen LogP contribution in [-0.2, 0) is 4.79 Å². The van der Waals surface area contributed by atoms with Crippen molar-refractivity contribution in [3.8, 4) is 11.3 Å². The zero-order valence-electron chi connectivity index (χ0n) is 14.7. The predicted octanol–water partition coefficient (Wildman–Crippen LogP) is 5.72. The molecule has 2 aromatic heterocycles. The maximum Gasteiger partial charge on any atom is 0.250 e. The number of anilines is 1. The van der Waals surface area contributed by atoms with E-state index in [0.717, 1.165) is 11.3 Å².